The maximum absolute atomic E-state index is 12.8. The van der Waals surface area contributed by atoms with Gasteiger partial charge in [-0.25, -0.2) is 9.97 Å². The van der Waals surface area contributed by atoms with E-state index >= 15 is 0 Å². The SMILES string of the molecule is [2H]C([2H])([2H])NC(=O)c1cnc(NC(=O)C2CC2)cc1Nc1cccc2c1N(C)Cc1nc(C)oc1-2. The van der Waals surface area contributed by atoms with E-state index in [1.54, 1.807) is 6.92 Å². The lowest BCUT2D eigenvalue weighted by atomic mass is 10.0. The molecular formula is C23H24N6O3. The molecule has 1 fully saturated rings. The average molecular weight is 436 g/mol. The molecule has 0 unspecified atom stereocenters. The third-order valence-corrected chi connectivity index (χ3v) is 5.58. The van der Waals surface area contributed by atoms with Gasteiger partial charge in [-0.1, -0.05) is 6.07 Å². The van der Waals surface area contributed by atoms with Crippen LogP contribution in [0.2, 0.25) is 0 Å². The number of hydrogen-bond donors (Lipinski definition) is 3. The Balaban J connectivity index is 1.54. The monoisotopic (exact) mass is 435 g/mol. The van der Waals surface area contributed by atoms with Gasteiger partial charge in [0.05, 0.1) is 29.2 Å². The summed E-state index contributed by atoms with van der Waals surface area (Å²) in [5.41, 5.74) is 3.49. The Morgan fingerprint density at radius 1 is 1.28 bits per heavy atom. The maximum Gasteiger partial charge on any atom is 0.254 e. The molecule has 0 saturated heterocycles. The van der Waals surface area contributed by atoms with Crippen molar-refractivity contribution in [3.63, 3.8) is 0 Å². The van der Waals surface area contributed by atoms with E-state index in [4.69, 9.17) is 8.53 Å². The predicted octanol–water partition coefficient (Wildman–Crippen LogP) is 3.45. The number of fused-ring (bicyclic) bond motifs is 3. The summed E-state index contributed by atoms with van der Waals surface area (Å²) < 4.78 is 28.0. The van der Waals surface area contributed by atoms with Crippen LogP contribution >= 0.6 is 0 Å². The molecule has 2 amide bonds. The standard InChI is InChI=1S/C23H24N6O3/c1-12-26-18-11-29(3)20-14(21(18)32-12)5-4-6-16(20)27-17-9-19(28-22(30)13-7-8-13)25-10-15(17)23(31)24-2/h4-6,9-10,13H,7-8,11H2,1-3H3,(H,24,31)(H2,25,27,28,30)/i2D3. The summed E-state index contributed by atoms with van der Waals surface area (Å²) in [4.78, 5) is 35.7. The fraction of sp³-hybridized carbons (Fsp3) is 0.304. The second kappa shape index (κ2) is 7.67. The lowest BCUT2D eigenvalue weighted by Gasteiger charge is -2.29. The van der Waals surface area contributed by atoms with E-state index in [-0.39, 0.29) is 23.2 Å². The summed E-state index contributed by atoms with van der Waals surface area (Å²) >= 11 is 0. The average Bonchev–Trinajstić information content (AvgIpc) is 3.55. The van der Waals surface area contributed by atoms with Crippen molar-refractivity contribution in [1.82, 2.24) is 15.3 Å². The summed E-state index contributed by atoms with van der Waals surface area (Å²) in [5.74, 6) is 0.553. The molecule has 1 saturated carbocycles. The van der Waals surface area contributed by atoms with Gasteiger partial charge >= 0.3 is 0 Å². The molecule has 0 bridgehead atoms. The molecule has 1 aliphatic carbocycles. The van der Waals surface area contributed by atoms with E-state index < -0.39 is 12.9 Å². The number of benzene rings is 1. The minimum Gasteiger partial charge on any atom is -0.441 e. The molecule has 5 rings (SSSR count). The van der Waals surface area contributed by atoms with E-state index in [1.165, 1.54) is 12.3 Å². The van der Waals surface area contributed by atoms with Crippen LogP contribution in [0.15, 0.2) is 34.9 Å². The molecule has 2 aliphatic rings. The first-order chi connectivity index (χ1) is 16.6. The van der Waals surface area contributed by atoms with Crippen molar-refractivity contribution in [3.05, 3.63) is 47.6 Å². The number of carbonyl (C=O) groups is 2. The second-order valence-electron chi connectivity index (χ2n) is 8.02. The van der Waals surface area contributed by atoms with Crippen LogP contribution < -0.4 is 20.9 Å². The highest BCUT2D eigenvalue weighted by atomic mass is 16.4. The quantitative estimate of drug-likeness (QED) is 0.563. The summed E-state index contributed by atoms with van der Waals surface area (Å²) in [6.07, 6.45) is 2.92. The highest BCUT2D eigenvalue weighted by Gasteiger charge is 2.30. The van der Waals surface area contributed by atoms with Crippen molar-refractivity contribution in [2.24, 2.45) is 5.92 Å². The molecular weight excluding hydrogens is 408 g/mol. The molecule has 0 spiro atoms. The smallest absolute Gasteiger partial charge is 0.254 e. The first-order valence-corrected chi connectivity index (χ1v) is 10.3. The number of oxazole rings is 1. The van der Waals surface area contributed by atoms with Crippen LogP contribution in [0.1, 0.15) is 38.9 Å². The number of para-hydroxylation sites is 1. The normalized spacial score (nSPS) is 16.2. The third kappa shape index (κ3) is 3.55. The number of anilines is 4. The first-order valence-electron chi connectivity index (χ1n) is 11.8. The zero-order chi connectivity index (χ0) is 24.9. The Labute approximate surface area is 189 Å². The number of aromatic nitrogens is 2. The van der Waals surface area contributed by atoms with E-state index in [0.29, 0.717) is 29.6 Å². The van der Waals surface area contributed by atoms with Crippen molar-refractivity contribution < 1.29 is 18.1 Å². The van der Waals surface area contributed by atoms with Gasteiger partial charge in [-0.2, -0.15) is 0 Å². The van der Waals surface area contributed by atoms with Crippen LogP contribution in [0.4, 0.5) is 22.9 Å². The van der Waals surface area contributed by atoms with Crippen LogP contribution in [-0.4, -0.2) is 35.8 Å². The number of rotatable bonds is 5. The van der Waals surface area contributed by atoms with Crippen LogP contribution in [-0.2, 0) is 11.3 Å². The molecule has 32 heavy (non-hydrogen) atoms. The zero-order valence-electron chi connectivity index (χ0n) is 20.7. The molecule has 0 atom stereocenters. The topological polar surface area (TPSA) is 112 Å². The Kier molecular flexibility index (Phi) is 4.02. The fourth-order valence-electron chi connectivity index (χ4n) is 3.92. The lowest BCUT2D eigenvalue weighted by molar-refractivity contribution is -0.117. The first kappa shape index (κ1) is 16.8. The predicted molar refractivity (Wildman–Crippen MR) is 121 cm³/mol. The van der Waals surface area contributed by atoms with Gasteiger partial charge in [-0.05, 0) is 25.0 Å². The number of aryl methyl sites for hydroxylation is 1. The van der Waals surface area contributed by atoms with Gasteiger partial charge in [0.2, 0.25) is 5.91 Å². The van der Waals surface area contributed by atoms with Crippen molar-refractivity contribution in [3.8, 4) is 11.3 Å². The largest absolute Gasteiger partial charge is 0.441 e. The minimum atomic E-state index is -2.67. The molecule has 9 nitrogen and oxygen atoms in total. The number of amides is 2. The lowest BCUT2D eigenvalue weighted by Crippen LogP contribution is -2.23. The van der Waals surface area contributed by atoms with Crippen molar-refractivity contribution >= 4 is 34.7 Å². The number of carbonyl (C=O) groups excluding carboxylic acids is 2. The summed E-state index contributed by atoms with van der Waals surface area (Å²) in [5, 5.41) is 8.02. The number of nitrogens with one attached hydrogen (secondary N) is 3. The van der Waals surface area contributed by atoms with E-state index in [0.717, 1.165) is 29.8 Å². The van der Waals surface area contributed by atoms with Gasteiger partial charge in [-0.3, -0.25) is 9.59 Å². The van der Waals surface area contributed by atoms with Gasteiger partial charge in [0.25, 0.3) is 5.91 Å². The van der Waals surface area contributed by atoms with Gasteiger partial charge < -0.3 is 25.3 Å². The van der Waals surface area contributed by atoms with E-state index in [2.05, 4.69) is 20.6 Å². The maximum atomic E-state index is 12.8. The highest BCUT2D eigenvalue weighted by molar-refractivity contribution is 6.02. The molecule has 9 heteroatoms. The zero-order valence-corrected chi connectivity index (χ0v) is 17.7. The Bertz CT molecular complexity index is 1330. The number of nitrogens with zero attached hydrogens (tertiary/aromatic N) is 3. The summed E-state index contributed by atoms with van der Waals surface area (Å²) in [7, 11) is 1.92. The van der Waals surface area contributed by atoms with Gasteiger partial charge in [0.1, 0.15) is 11.5 Å². The van der Waals surface area contributed by atoms with E-state index in [1.807, 2.05) is 35.5 Å². The molecule has 3 heterocycles. The van der Waals surface area contributed by atoms with Gasteiger partial charge in [0.15, 0.2) is 11.7 Å². The highest BCUT2D eigenvalue weighted by Crippen LogP contribution is 2.44. The molecule has 1 aromatic carbocycles. The fourth-order valence-corrected chi connectivity index (χ4v) is 3.92. The van der Waals surface area contributed by atoms with Crippen LogP contribution in [0.25, 0.3) is 11.3 Å². The molecule has 1 aliphatic heterocycles. The Morgan fingerprint density at radius 3 is 2.91 bits per heavy atom. The van der Waals surface area contributed by atoms with Crippen LogP contribution in [0, 0.1) is 12.8 Å². The minimum absolute atomic E-state index is 0.0258. The molecule has 0 radical (unpaired) electrons. The second-order valence-corrected chi connectivity index (χ2v) is 8.02. The van der Waals surface area contributed by atoms with Gasteiger partial charge in [-0.15, -0.1) is 0 Å². The number of pyridine rings is 1. The molecule has 2 aromatic heterocycles. The molecule has 3 aromatic rings. The molecule has 164 valence electrons. The number of hydrogen-bond acceptors (Lipinski definition) is 7. The van der Waals surface area contributed by atoms with Crippen LogP contribution in [0.5, 0.6) is 0 Å². The Morgan fingerprint density at radius 2 is 2.12 bits per heavy atom. The molecule has 3 N–H and O–H groups in total. The van der Waals surface area contributed by atoms with Crippen molar-refractivity contribution in [2.45, 2.75) is 26.3 Å². The third-order valence-electron chi connectivity index (χ3n) is 5.58. The van der Waals surface area contributed by atoms with Gasteiger partial charge in [0, 0.05) is 48.8 Å². The summed E-state index contributed by atoms with van der Waals surface area (Å²) in [6, 6.07) is 7.15. The summed E-state index contributed by atoms with van der Waals surface area (Å²) in [6.45, 7) is -0.339. The Hall–Kier alpha value is -3.88. The van der Waals surface area contributed by atoms with Crippen LogP contribution in [0.3, 0.4) is 0 Å². The van der Waals surface area contributed by atoms with E-state index in [9.17, 15) is 9.59 Å². The van der Waals surface area contributed by atoms with Crippen molar-refractivity contribution in [1.29, 1.82) is 0 Å². The van der Waals surface area contributed by atoms with Crippen molar-refractivity contribution in [2.75, 3.05) is 29.6 Å².